The van der Waals surface area contributed by atoms with Crippen LogP contribution in [-0.4, -0.2) is 48.8 Å². The Kier molecular flexibility index (Phi) is 11.6. The van der Waals surface area contributed by atoms with Crippen LogP contribution in [0.3, 0.4) is 0 Å². The fourth-order valence-corrected chi connectivity index (χ4v) is 4.76. The average Bonchev–Trinajstić information content (AvgIpc) is 3.55. The van der Waals surface area contributed by atoms with Crippen molar-refractivity contribution < 1.29 is 23.5 Å². The summed E-state index contributed by atoms with van der Waals surface area (Å²) in [6.45, 7) is 7.05. The van der Waals surface area contributed by atoms with Crippen LogP contribution in [0, 0.1) is 0 Å². The van der Waals surface area contributed by atoms with Crippen LogP contribution in [0.15, 0.2) is 89.8 Å². The van der Waals surface area contributed by atoms with Gasteiger partial charge in [-0.25, -0.2) is 14.6 Å². The Labute approximate surface area is 252 Å². The summed E-state index contributed by atoms with van der Waals surface area (Å²) in [7, 11) is 1.55. The topological polar surface area (TPSA) is 118 Å². The number of urea groups is 1. The SMILES string of the molecule is CCCN(CCC)C[C@@H](OC(=O)NCc1cccc(NC(=O)Nc2ccc(-c3cnco3)c(OC)c2)c1)c1ccccc1. The van der Waals surface area contributed by atoms with E-state index in [4.69, 9.17) is 13.9 Å². The first-order chi connectivity index (χ1) is 21.0. The summed E-state index contributed by atoms with van der Waals surface area (Å²) < 4.78 is 16.7. The van der Waals surface area contributed by atoms with E-state index in [0.29, 0.717) is 29.4 Å². The fourth-order valence-electron chi connectivity index (χ4n) is 4.76. The van der Waals surface area contributed by atoms with Crippen molar-refractivity contribution >= 4 is 23.5 Å². The third kappa shape index (κ3) is 9.34. The van der Waals surface area contributed by atoms with Gasteiger partial charge in [0.25, 0.3) is 0 Å². The molecule has 0 radical (unpaired) electrons. The number of hydrogen-bond donors (Lipinski definition) is 3. The van der Waals surface area contributed by atoms with Crippen molar-refractivity contribution in [2.24, 2.45) is 0 Å². The molecule has 43 heavy (non-hydrogen) atoms. The number of anilines is 2. The highest BCUT2D eigenvalue weighted by atomic mass is 16.6. The monoisotopic (exact) mass is 585 g/mol. The van der Waals surface area contributed by atoms with Crippen molar-refractivity contribution in [3.8, 4) is 17.1 Å². The summed E-state index contributed by atoms with van der Waals surface area (Å²) in [5.74, 6) is 1.10. The average molecular weight is 586 g/mol. The number of hydrogen-bond acceptors (Lipinski definition) is 7. The molecule has 3 amide bonds. The lowest BCUT2D eigenvalue weighted by Gasteiger charge is -2.27. The van der Waals surface area contributed by atoms with Gasteiger partial charge >= 0.3 is 12.1 Å². The van der Waals surface area contributed by atoms with Gasteiger partial charge in [-0.15, -0.1) is 0 Å². The quantitative estimate of drug-likeness (QED) is 0.145. The molecule has 1 heterocycles. The number of nitrogens with zero attached hydrogens (tertiary/aromatic N) is 2. The van der Waals surface area contributed by atoms with E-state index < -0.39 is 12.1 Å². The van der Waals surface area contributed by atoms with Crippen LogP contribution < -0.4 is 20.7 Å². The van der Waals surface area contributed by atoms with E-state index in [9.17, 15) is 9.59 Å². The number of rotatable bonds is 14. The van der Waals surface area contributed by atoms with E-state index in [0.717, 1.165) is 42.6 Å². The zero-order chi connectivity index (χ0) is 30.4. The van der Waals surface area contributed by atoms with Gasteiger partial charge in [0.2, 0.25) is 0 Å². The van der Waals surface area contributed by atoms with Crippen LogP contribution in [-0.2, 0) is 11.3 Å². The van der Waals surface area contributed by atoms with Gasteiger partial charge in [-0.05, 0) is 61.3 Å². The molecule has 1 aromatic heterocycles. The van der Waals surface area contributed by atoms with Crippen molar-refractivity contribution in [2.75, 3.05) is 37.4 Å². The molecule has 0 aliphatic heterocycles. The summed E-state index contributed by atoms with van der Waals surface area (Å²) in [6.07, 6.45) is 4.11. The highest BCUT2D eigenvalue weighted by Gasteiger charge is 2.20. The molecule has 0 aliphatic rings. The Hall–Kier alpha value is -4.83. The van der Waals surface area contributed by atoms with Gasteiger partial charge in [0.15, 0.2) is 12.2 Å². The molecule has 3 aromatic carbocycles. The molecule has 1 atom stereocenters. The third-order valence-corrected chi connectivity index (χ3v) is 6.70. The number of ether oxygens (including phenoxy) is 2. The van der Waals surface area contributed by atoms with Gasteiger partial charge in [-0.3, -0.25) is 4.90 Å². The van der Waals surface area contributed by atoms with Crippen molar-refractivity contribution in [3.63, 3.8) is 0 Å². The molecule has 4 aromatic rings. The minimum atomic E-state index is -0.499. The maximum atomic E-state index is 12.9. The first-order valence-corrected chi connectivity index (χ1v) is 14.4. The number of aromatic nitrogens is 1. The van der Waals surface area contributed by atoms with Crippen LogP contribution >= 0.6 is 0 Å². The molecule has 0 fully saturated rings. The summed E-state index contributed by atoms with van der Waals surface area (Å²) in [5.41, 5.74) is 3.61. The molecule has 0 unspecified atom stereocenters. The molecule has 4 rings (SSSR count). The minimum absolute atomic E-state index is 0.241. The number of amides is 3. The zero-order valence-corrected chi connectivity index (χ0v) is 24.8. The molecule has 0 bridgehead atoms. The van der Waals surface area contributed by atoms with E-state index in [1.54, 1.807) is 43.6 Å². The maximum Gasteiger partial charge on any atom is 0.408 e. The normalized spacial score (nSPS) is 11.5. The summed E-state index contributed by atoms with van der Waals surface area (Å²) >= 11 is 0. The summed E-state index contributed by atoms with van der Waals surface area (Å²) in [5, 5.41) is 8.49. The molecule has 10 nitrogen and oxygen atoms in total. The third-order valence-electron chi connectivity index (χ3n) is 6.70. The predicted molar refractivity (Wildman–Crippen MR) is 167 cm³/mol. The Morgan fingerprint density at radius 1 is 0.930 bits per heavy atom. The van der Waals surface area contributed by atoms with Crippen molar-refractivity contribution in [1.29, 1.82) is 0 Å². The van der Waals surface area contributed by atoms with Gasteiger partial charge in [-0.1, -0.05) is 56.3 Å². The maximum absolute atomic E-state index is 12.9. The zero-order valence-electron chi connectivity index (χ0n) is 24.8. The number of benzene rings is 3. The number of nitrogens with one attached hydrogen (secondary N) is 3. The van der Waals surface area contributed by atoms with E-state index in [1.165, 1.54) is 6.39 Å². The first kappa shape index (κ1) is 31.1. The van der Waals surface area contributed by atoms with Crippen molar-refractivity contribution in [1.82, 2.24) is 15.2 Å². The Balaban J connectivity index is 1.33. The van der Waals surface area contributed by atoms with Gasteiger partial charge in [0.1, 0.15) is 11.9 Å². The van der Waals surface area contributed by atoms with Crippen molar-refractivity contribution in [3.05, 3.63) is 96.5 Å². The first-order valence-electron chi connectivity index (χ1n) is 14.4. The molecular formula is C33H39N5O5. The fraction of sp³-hybridized carbons (Fsp3) is 0.303. The molecule has 0 aliphatic carbocycles. The van der Waals surface area contributed by atoms with Crippen molar-refractivity contribution in [2.45, 2.75) is 39.3 Å². The van der Waals surface area contributed by atoms with Crippen LogP contribution in [0.25, 0.3) is 11.3 Å². The van der Waals surface area contributed by atoms with Crippen LogP contribution in [0.4, 0.5) is 21.0 Å². The lowest BCUT2D eigenvalue weighted by atomic mass is 10.1. The highest BCUT2D eigenvalue weighted by molar-refractivity contribution is 6.00. The number of alkyl carbamates (subject to hydrolysis) is 1. The second-order valence-corrected chi connectivity index (χ2v) is 10.0. The number of oxazole rings is 1. The van der Waals surface area contributed by atoms with E-state index in [-0.39, 0.29) is 12.6 Å². The van der Waals surface area contributed by atoms with Gasteiger partial charge in [-0.2, -0.15) is 0 Å². The summed E-state index contributed by atoms with van der Waals surface area (Å²) in [6, 6.07) is 21.9. The van der Waals surface area contributed by atoms with Crippen LogP contribution in [0.1, 0.15) is 43.9 Å². The molecule has 10 heteroatoms. The predicted octanol–water partition coefficient (Wildman–Crippen LogP) is 7.08. The standard InChI is InChI=1S/C33H39N5O5/c1-4-16-38(17-5-2)22-31(25-11-7-6-8-12-25)43-33(40)35-20-24-10-9-13-26(18-24)36-32(39)37-27-14-15-28(29(19-27)41-3)30-21-34-23-42-30/h6-15,18-19,21,23,31H,4-5,16-17,20,22H2,1-3H3,(H,35,40)(H2,36,37,39)/t31-/m1/s1. The molecule has 0 saturated heterocycles. The smallest absolute Gasteiger partial charge is 0.408 e. The van der Waals surface area contributed by atoms with Gasteiger partial charge in [0, 0.05) is 30.5 Å². The van der Waals surface area contributed by atoms with Gasteiger partial charge < -0.3 is 29.8 Å². The molecular weight excluding hydrogens is 546 g/mol. The van der Waals surface area contributed by atoms with Crippen LogP contribution in [0.5, 0.6) is 5.75 Å². The number of carbonyl (C=O) groups excluding carboxylic acids is 2. The Bertz CT molecular complexity index is 1440. The minimum Gasteiger partial charge on any atom is -0.496 e. The van der Waals surface area contributed by atoms with Crippen LogP contribution in [0.2, 0.25) is 0 Å². The second-order valence-electron chi connectivity index (χ2n) is 10.0. The Morgan fingerprint density at radius 3 is 2.35 bits per heavy atom. The second kappa shape index (κ2) is 16.0. The highest BCUT2D eigenvalue weighted by Crippen LogP contribution is 2.32. The molecule has 226 valence electrons. The molecule has 0 spiro atoms. The lowest BCUT2D eigenvalue weighted by molar-refractivity contribution is 0.0689. The van der Waals surface area contributed by atoms with Gasteiger partial charge in [0.05, 0.1) is 18.9 Å². The number of carbonyl (C=O) groups is 2. The lowest BCUT2D eigenvalue weighted by Crippen LogP contribution is -2.34. The molecule has 3 N–H and O–H groups in total. The Morgan fingerprint density at radius 2 is 1.67 bits per heavy atom. The molecule has 0 saturated carbocycles. The largest absolute Gasteiger partial charge is 0.496 e. The van der Waals surface area contributed by atoms with E-state index in [1.807, 2.05) is 42.5 Å². The summed E-state index contributed by atoms with van der Waals surface area (Å²) in [4.78, 5) is 31.8. The number of methoxy groups -OCH3 is 1. The van der Waals surface area contributed by atoms with E-state index >= 15 is 0 Å². The van der Waals surface area contributed by atoms with E-state index in [2.05, 4.69) is 39.7 Å².